The van der Waals surface area contributed by atoms with Crippen LogP contribution >= 0.6 is 0 Å². The van der Waals surface area contributed by atoms with Crippen LogP contribution in [0, 0.1) is 5.92 Å². The lowest BCUT2D eigenvalue weighted by atomic mass is 10.0. The van der Waals surface area contributed by atoms with Crippen LogP contribution in [0.5, 0.6) is 0 Å². The summed E-state index contributed by atoms with van der Waals surface area (Å²) in [6.45, 7) is 7.61. The Morgan fingerprint density at radius 1 is 1.00 bits per heavy atom. The minimum Gasteiger partial charge on any atom is -0.368 e. The molecule has 3 atom stereocenters. The van der Waals surface area contributed by atoms with Crippen molar-refractivity contribution in [3.63, 3.8) is 0 Å². The molecule has 128 valence electrons. The molecule has 7 nitrogen and oxygen atoms in total. The van der Waals surface area contributed by atoms with Gasteiger partial charge in [0.1, 0.15) is 12.1 Å². The SMILES string of the molecule is CCCC(NC(=O)C(CC)NC(=O)C(N)CC(C)C)C(N)=O. The summed E-state index contributed by atoms with van der Waals surface area (Å²) in [6, 6.07) is -2.08. The molecule has 0 bridgehead atoms. The van der Waals surface area contributed by atoms with Gasteiger partial charge in [-0.3, -0.25) is 14.4 Å². The van der Waals surface area contributed by atoms with Crippen LogP contribution in [0.25, 0.3) is 0 Å². The number of primary amides is 1. The van der Waals surface area contributed by atoms with Crippen LogP contribution in [0.3, 0.4) is 0 Å². The standard InChI is InChI=1S/C15H30N4O3/c1-5-7-12(13(17)20)19-15(22)11(6-2)18-14(21)10(16)8-9(3)4/h9-12H,5-8,16H2,1-4H3,(H2,17,20)(H,18,21)(H,19,22). The van der Waals surface area contributed by atoms with E-state index in [1.165, 1.54) is 0 Å². The van der Waals surface area contributed by atoms with Gasteiger partial charge in [0.05, 0.1) is 6.04 Å². The second-order valence-corrected chi connectivity index (χ2v) is 5.96. The minimum absolute atomic E-state index is 0.290. The van der Waals surface area contributed by atoms with Gasteiger partial charge in [0.25, 0.3) is 0 Å². The Labute approximate surface area is 132 Å². The van der Waals surface area contributed by atoms with Gasteiger partial charge in [-0.2, -0.15) is 0 Å². The summed E-state index contributed by atoms with van der Waals surface area (Å²) in [4.78, 5) is 35.4. The van der Waals surface area contributed by atoms with Crippen molar-refractivity contribution < 1.29 is 14.4 Å². The summed E-state index contributed by atoms with van der Waals surface area (Å²) >= 11 is 0. The van der Waals surface area contributed by atoms with E-state index in [0.717, 1.165) is 6.42 Å². The number of nitrogens with one attached hydrogen (secondary N) is 2. The Bertz CT molecular complexity index is 385. The van der Waals surface area contributed by atoms with Crippen molar-refractivity contribution in [1.29, 1.82) is 0 Å². The Morgan fingerprint density at radius 3 is 1.95 bits per heavy atom. The predicted molar refractivity (Wildman–Crippen MR) is 85.7 cm³/mol. The minimum atomic E-state index is -0.718. The highest BCUT2D eigenvalue weighted by Gasteiger charge is 2.25. The van der Waals surface area contributed by atoms with E-state index in [1.54, 1.807) is 6.92 Å². The van der Waals surface area contributed by atoms with Crippen LogP contribution in [-0.2, 0) is 14.4 Å². The summed E-state index contributed by atoms with van der Waals surface area (Å²) in [5, 5.41) is 5.21. The van der Waals surface area contributed by atoms with E-state index in [2.05, 4.69) is 10.6 Å². The predicted octanol–water partition coefficient (Wildman–Crippen LogP) is 0.0248. The number of carbonyl (C=O) groups is 3. The van der Waals surface area contributed by atoms with Crippen molar-refractivity contribution in [3.05, 3.63) is 0 Å². The second-order valence-electron chi connectivity index (χ2n) is 5.96. The van der Waals surface area contributed by atoms with E-state index in [-0.39, 0.29) is 5.91 Å². The van der Waals surface area contributed by atoms with Crippen LogP contribution in [0.1, 0.15) is 53.4 Å². The quantitative estimate of drug-likeness (QED) is 0.453. The Hall–Kier alpha value is -1.63. The molecule has 0 aliphatic rings. The van der Waals surface area contributed by atoms with Crippen molar-refractivity contribution >= 4 is 17.7 Å². The van der Waals surface area contributed by atoms with Crippen molar-refractivity contribution in [2.45, 2.75) is 71.5 Å². The number of rotatable bonds is 10. The molecular formula is C15H30N4O3. The first-order valence-corrected chi connectivity index (χ1v) is 7.88. The molecule has 3 amide bonds. The first kappa shape index (κ1) is 20.4. The van der Waals surface area contributed by atoms with Crippen LogP contribution in [0.15, 0.2) is 0 Å². The third kappa shape index (κ3) is 7.40. The fourth-order valence-corrected chi connectivity index (χ4v) is 2.09. The van der Waals surface area contributed by atoms with Gasteiger partial charge in [0.15, 0.2) is 0 Å². The fourth-order valence-electron chi connectivity index (χ4n) is 2.09. The summed E-state index contributed by atoms with van der Waals surface area (Å²) in [6.07, 6.45) is 2.14. The molecule has 3 unspecified atom stereocenters. The van der Waals surface area contributed by atoms with E-state index in [9.17, 15) is 14.4 Å². The highest BCUT2D eigenvalue weighted by Crippen LogP contribution is 2.04. The molecule has 0 saturated carbocycles. The Balaban J connectivity index is 4.64. The topological polar surface area (TPSA) is 127 Å². The molecule has 22 heavy (non-hydrogen) atoms. The van der Waals surface area contributed by atoms with Gasteiger partial charge in [-0.1, -0.05) is 34.1 Å². The maximum absolute atomic E-state index is 12.2. The molecule has 0 aromatic carbocycles. The molecule has 0 aliphatic carbocycles. The maximum Gasteiger partial charge on any atom is 0.243 e. The molecule has 0 fully saturated rings. The number of hydrogen-bond acceptors (Lipinski definition) is 4. The van der Waals surface area contributed by atoms with Gasteiger partial charge in [-0.25, -0.2) is 0 Å². The molecule has 0 saturated heterocycles. The molecule has 6 N–H and O–H groups in total. The molecule has 0 aliphatic heterocycles. The second kappa shape index (κ2) is 10.2. The first-order chi connectivity index (χ1) is 10.2. The van der Waals surface area contributed by atoms with E-state index in [1.807, 2.05) is 20.8 Å². The van der Waals surface area contributed by atoms with E-state index >= 15 is 0 Å². The summed E-state index contributed by atoms with van der Waals surface area (Å²) in [5.74, 6) is -1.06. The molecule has 0 aromatic heterocycles. The van der Waals surface area contributed by atoms with Gasteiger partial charge >= 0.3 is 0 Å². The molecule has 0 heterocycles. The van der Waals surface area contributed by atoms with Gasteiger partial charge in [-0.15, -0.1) is 0 Å². The normalized spacial score (nSPS) is 15.0. The van der Waals surface area contributed by atoms with Gasteiger partial charge in [-0.05, 0) is 25.2 Å². The lowest BCUT2D eigenvalue weighted by Crippen LogP contribution is -2.55. The molecule has 0 aromatic rings. The lowest BCUT2D eigenvalue weighted by Gasteiger charge is -2.22. The largest absolute Gasteiger partial charge is 0.368 e. The zero-order chi connectivity index (χ0) is 17.3. The zero-order valence-electron chi connectivity index (χ0n) is 14.0. The third-order valence-electron chi connectivity index (χ3n) is 3.34. The van der Waals surface area contributed by atoms with Crippen molar-refractivity contribution in [3.8, 4) is 0 Å². The van der Waals surface area contributed by atoms with Crippen LogP contribution < -0.4 is 22.1 Å². The monoisotopic (exact) mass is 314 g/mol. The lowest BCUT2D eigenvalue weighted by molar-refractivity contribution is -0.132. The van der Waals surface area contributed by atoms with Crippen molar-refractivity contribution in [2.75, 3.05) is 0 Å². The molecular weight excluding hydrogens is 284 g/mol. The summed E-state index contributed by atoms with van der Waals surface area (Å²) < 4.78 is 0. The van der Waals surface area contributed by atoms with E-state index in [0.29, 0.717) is 25.2 Å². The molecule has 7 heteroatoms. The highest BCUT2D eigenvalue weighted by atomic mass is 16.2. The zero-order valence-corrected chi connectivity index (χ0v) is 14.0. The van der Waals surface area contributed by atoms with E-state index in [4.69, 9.17) is 11.5 Å². The summed E-state index contributed by atoms with van der Waals surface area (Å²) in [5.41, 5.74) is 11.1. The highest BCUT2D eigenvalue weighted by molar-refractivity contribution is 5.92. The van der Waals surface area contributed by atoms with E-state index < -0.39 is 29.9 Å². The Morgan fingerprint density at radius 2 is 1.55 bits per heavy atom. The van der Waals surface area contributed by atoms with Crippen molar-refractivity contribution in [2.24, 2.45) is 17.4 Å². The van der Waals surface area contributed by atoms with Crippen LogP contribution in [0.2, 0.25) is 0 Å². The molecule has 0 rings (SSSR count). The van der Waals surface area contributed by atoms with Crippen molar-refractivity contribution in [1.82, 2.24) is 10.6 Å². The van der Waals surface area contributed by atoms with Crippen LogP contribution in [-0.4, -0.2) is 35.8 Å². The maximum atomic E-state index is 12.2. The third-order valence-corrected chi connectivity index (χ3v) is 3.34. The molecule has 0 spiro atoms. The number of nitrogens with two attached hydrogens (primary N) is 2. The smallest absolute Gasteiger partial charge is 0.243 e. The van der Waals surface area contributed by atoms with Crippen LogP contribution in [0.4, 0.5) is 0 Å². The molecule has 0 radical (unpaired) electrons. The first-order valence-electron chi connectivity index (χ1n) is 7.88. The summed E-state index contributed by atoms with van der Waals surface area (Å²) in [7, 11) is 0. The number of carbonyl (C=O) groups excluding carboxylic acids is 3. The average Bonchev–Trinajstić information content (AvgIpc) is 2.42. The number of amides is 3. The average molecular weight is 314 g/mol. The van der Waals surface area contributed by atoms with Gasteiger partial charge < -0.3 is 22.1 Å². The number of hydrogen-bond donors (Lipinski definition) is 4. The van der Waals surface area contributed by atoms with Gasteiger partial charge in [0, 0.05) is 0 Å². The van der Waals surface area contributed by atoms with Gasteiger partial charge in [0.2, 0.25) is 17.7 Å². The Kier molecular flexibility index (Phi) is 9.40. The fraction of sp³-hybridized carbons (Fsp3) is 0.800.